The van der Waals surface area contributed by atoms with Crippen molar-refractivity contribution in [3.8, 4) is 0 Å². The van der Waals surface area contributed by atoms with Gasteiger partial charge in [0, 0.05) is 12.7 Å². The summed E-state index contributed by atoms with van der Waals surface area (Å²) in [5, 5.41) is 3.28. The number of nitrogens with two attached hydrogens (primary N) is 1. The predicted octanol–water partition coefficient (Wildman–Crippen LogP) is 2.65. The molecule has 0 saturated heterocycles. The molecule has 1 aromatic carbocycles. The van der Waals surface area contributed by atoms with Crippen molar-refractivity contribution in [2.75, 3.05) is 5.73 Å². The lowest BCUT2D eigenvalue weighted by Crippen LogP contribution is -2.32. The van der Waals surface area contributed by atoms with E-state index in [0.29, 0.717) is 5.76 Å². The number of anilines is 1. The van der Waals surface area contributed by atoms with E-state index >= 15 is 0 Å². The van der Waals surface area contributed by atoms with Crippen LogP contribution in [-0.2, 0) is 13.5 Å². The van der Waals surface area contributed by atoms with E-state index in [4.69, 9.17) is 10.2 Å². The Morgan fingerprint density at radius 1 is 1.41 bits per heavy atom. The SMILES string of the molecule is Cc1oc2ncn(C)c(=O)c2c1C(=O)NC1CCCc2cc(N)ccc21.Cl. The van der Waals surface area contributed by atoms with Crippen LogP contribution < -0.4 is 16.6 Å². The molecule has 2 heterocycles. The highest BCUT2D eigenvalue weighted by Crippen LogP contribution is 2.32. The first-order valence-corrected chi connectivity index (χ1v) is 8.59. The fourth-order valence-electron chi connectivity index (χ4n) is 3.68. The maximum absolute atomic E-state index is 13.0. The molecule has 1 aliphatic rings. The van der Waals surface area contributed by atoms with Crippen LogP contribution in [0.1, 0.15) is 46.1 Å². The standard InChI is InChI=1S/C19H20N4O3.ClH/c1-10-15(16-18(26-10)21-9-23(2)19(16)25)17(24)22-14-5-3-4-11-8-12(20)6-7-13(11)14;/h6-9,14H,3-5,20H2,1-2H3,(H,22,24);1H. The van der Waals surface area contributed by atoms with Gasteiger partial charge in [-0.15, -0.1) is 12.4 Å². The molecule has 0 saturated carbocycles. The minimum absolute atomic E-state index is 0. The van der Waals surface area contributed by atoms with Gasteiger partial charge >= 0.3 is 0 Å². The molecule has 8 heteroatoms. The van der Waals surface area contributed by atoms with Crippen LogP contribution in [0.4, 0.5) is 5.69 Å². The average Bonchev–Trinajstić information content (AvgIpc) is 2.95. The Morgan fingerprint density at radius 3 is 2.96 bits per heavy atom. The molecule has 1 aliphatic carbocycles. The molecule has 1 amide bonds. The Labute approximate surface area is 162 Å². The van der Waals surface area contributed by atoms with Crippen LogP contribution in [0.2, 0.25) is 0 Å². The second-order valence-corrected chi connectivity index (χ2v) is 6.75. The molecule has 1 atom stereocenters. The Kier molecular flexibility index (Phi) is 4.97. The molecular formula is C19H21ClN4O3. The highest BCUT2D eigenvalue weighted by Gasteiger charge is 2.27. The van der Waals surface area contributed by atoms with Gasteiger partial charge in [0.1, 0.15) is 17.5 Å². The van der Waals surface area contributed by atoms with Crippen molar-refractivity contribution in [2.24, 2.45) is 7.05 Å². The van der Waals surface area contributed by atoms with Crippen molar-refractivity contribution < 1.29 is 9.21 Å². The van der Waals surface area contributed by atoms with Crippen LogP contribution >= 0.6 is 12.4 Å². The zero-order chi connectivity index (χ0) is 18.4. The number of fused-ring (bicyclic) bond motifs is 2. The molecule has 3 aromatic rings. The van der Waals surface area contributed by atoms with Crippen molar-refractivity contribution in [1.82, 2.24) is 14.9 Å². The number of aryl methyl sites for hydroxylation is 3. The molecular weight excluding hydrogens is 368 g/mol. The fourth-order valence-corrected chi connectivity index (χ4v) is 3.68. The van der Waals surface area contributed by atoms with E-state index in [1.54, 1.807) is 14.0 Å². The van der Waals surface area contributed by atoms with Crippen LogP contribution in [0, 0.1) is 6.92 Å². The molecule has 142 valence electrons. The summed E-state index contributed by atoms with van der Waals surface area (Å²) in [7, 11) is 1.60. The van der Waals surface area contributed by atoms with E-state index in [-0.39, 0.29) is 46.6 Å². The van der Waals surface area contributed by atoms with Crippen LogP contribution in [0.25, 0.3) is 11.1 Å². The number of nitrogens with zero attached hydrogens (tertiary/aromatic N) is 2. The highest BCUT2D eigenvalue weighted by atomic mass is 35.5. The van der Waals surface area contributed by atoms with Gasteiger partial charge in [-0.1, -0.05) is 6.07 Å². The van der Waals surface area contributed by atoms with Gasteiger partial charge in [0.2, 0.25) is 5.71 Å². The number of rotatable bonds is 2. The minimum Gasteiger partial charge on any atom is -0.442 e. The summed E-state index contributed by atoms with van der Waals surface area (Å²) in [6.07, 6.45) is 4.14. The number of nitrogens with one attached hydrogen (secondary N) is 1. The molecule has 4 rings (SSSR count). The summed E-state index contributed by atoms with van der Waals surface area (Å²) in [5.74, 6) is 0.0719. The van der Waals surface area contributed by atoms with Crippen molar-refractivity contribution in [2.45, 2.75) is 32.2 Å². The zero-order valence-electron chi connectivity index (χ0n) is 15.1. The van der Waals surface area contributed by atoms with Gasteiger partial charge in [0.05, 0.1) is 11.6 Å². The second kappa shape index (κ2) is 7.08. The van der Waals surface area contributed by atoms with Gasteiger partial charge in [0.15, 0.2) is 0 Å². The van der Waals surface area contributed by atoms with Crippen molar-refractivity contribution in [3.63, 3.8) is 0 Å². The number of nitrogen functional groups attached to an aromatic ring is 1. The van der Waals surface area contributed by atoms with E-state index in [0.717, 1.165) is 36.1 Å². The zero-order valence-corrected chi connectivity index (χ0v) is 15.9. The number of halogens is 1. The van der Waals surface area contributed by atoms with Gasteiger partial charge in [-0.25, -0.2) is 4.98 Å². The van der Waals surface area contributed by atoms with E-state index in [1.807, 2.05) is 18.2 Å². The number of benzene rings is 1. The Hall–Kier alpha value is -2.80. The van der Waals surface area contributed by atoms with Gasteiger partial charge < -0.3 is 20.0 Å². The third kappa shape index (κ3) is 3.19. The van der Waals surface area contributed by atoms with Crippen LogP contribution in [0.5, 0.6) is 0 Å². The molecule has 3 N–H and O–H groups in total. The Balaban J connectivity index is 0.00000210. The Bertz CT molecular complexity index is 1090. The first kappa shape index (κ1) is 19.0. The predicted molar refractivity (Wildman–Crippen MR) is 105 cm³/mol. The molecule has 27 heavy (non-hydrogen) atoms. The summed E-state index contributed by atoms with van der Waals surface area (Å²) in [4.78, 5) is 29.5. The average molecular weight is 389 g/mol. The molecule has 7 nitrogen and oxygen atoms in total. The number of amides is 1. The molecule has 1 unspecified atom stereocenters. The lowest BCUT2D eigenvalue weighted by atomic mass is 9.87. The van der Waals surface area contributed by atoms with Crippen molar-refractivity contribution in [3.05, 3.63) is 57.3 Å². The van der Waals surface area contributed by atoms with Gasteiger partial charge in [-0.05, 0) is 49.4 Å². The van der Waals surface area contributed by atoms with Gasteiger partial charge in [0.25, 0.3) is 11.5 Å². The number of furan rings is 1. The molecule has 0 radical (unpaired) electrons. The topological polar surface area (TPSA) is 103 Å². The lowest BCUT2D eigenvalue weighted by molar-refractivity contribution is 0.0932. The summed E-state index contributed by atoms with van der Waals surface area (Å²) < 4.78 is 6.87. The van der Waals surface area contributed by atoms with E-state index in [2.05, 4.69) is 10.3 Å². The van der Waals surface area contributed by atoms with Crippen molar-refractivity contribution in [1.29, 1.82) is 0 Å². The third-order valence-corrected chi connectivity index (χ3v) is 4.96. The van der Waals surface area contributed by atoms with Crippen molar-refractivity contribution >= 4 is 35.1 Å². The minimum atomic E-state index is -0.318. The quantitative estimate of drug-likeness (QED) is 0.657. The third-order valence-electron chi connectivity index (χ3n) is 4.96. The number of carbonyl (C=O) groups is 1. The number of aromatic nitrogens is 2. The van der Waals surface area contributed by atoms with E-state index in [9.17, 15) is 9.59 Å². The smallest absolute Gasteiger partial charge is 0.265 e. The summed E-state index contributed by atoms with van der Waals surface area (Å²) >= 11 is 0. The summed E-state index contributed by atoms with van der Waals surface area (Å²) in [6.45, 7) is 1.67. The fraction of sp³-hybridized carbons (Fsp3) is 0.316. The molecule has 0 fully saturated rings. The van der Waals surface area contributed by atoms with Gasteiger partial charge in [-0.3, -0.25) is 9.59 Å². The number of hydrogen-bond acceptors (Lipinski definition) is 5. The first-order valence-electron chi connectivity index (χ1n) is 8.59. The van der Waals surface area contributed by atoms with Gasteiger partial charge in [-0.2, -0.15) is 0 Å². The molecule has 2 aromatic heterocycles. The molecule has 0 spiro atoms. The van der Waals surface area contributed by atoms with E-state index in [1.165, 1.54) is 10.9 Å². The number of hydrogen-bond donors (Lipinski definition) is 2. The Morgan fingerprint density at radius 2 is 2.19 bits per heavy atom. The van der Waals surface area contributed by atoms with E-state index < -0.39 is 0 Å². The largest absolute Gasteiger partial charge is 0.442 e. The first-order chi connectivity index (χ1) is 12.5. The molecule has 0 bridgehead atoms. The number of carbonyl (C=O) groups excluding carboxylic acids is 1. The monoisotopic (exact) mass is 388 g/mol. The highest BCUT2D eigenvalue weighted by molar-refractivity contribution is 6.06. The van der Waals surface area contributed by atoms with Crippen LogP contribution in [0.3, 0.4) is 0 Å². The normalized spacial score (nSPS) is 15.9. The second-order valence-electron chi connectivity index (χ2n) is 6.75. The molecule has 0 aliphatic heterocycles. The maximum atomic E-state index is 13.0. The van der Waals surface area contributed by atoms with Crippen LogP contribution in [0.15, 0.2) is 33.7 Å². The van der Waals surface area contributed by atoms with Crippen LogP contribution in [-0.4, -0.2) is 15.5 Å². The lowest BCUT2D eigenvalue weighted by Gasteiger charge is -2.26. The maximum Gasteiger partial charge on any atom is 0.265 e. The summed E-state index contributed by atoms with van der Waals surface area (Å²) in [5.41, 5.74) is 8.99. The summed E-state index contributed by atoms with van der Waals surface area (Å²) in [6, 6.07) is 5.67.